The van der Waals surface area contributed by atoms with E-state index < -0.39 is 0 Å². The molecular formula is C15H33N2. The highest BCUT2D eigenvalue weighted by molar-refractivity contribution is 4.67. The molecule has 0 saturated carbocycles. The Hall–Kier alpha value is -0.0800. The minimum atomic E-state index is 0.728. The van der Waals surface area contributed by atoms with E-state index >= 15 is 0 Å². The van der Waals surface area contributed by atoms with Crippen LogP contribution in [0.5, 0.6) is 0 Å². The van der Waals surface area contributed by atoms with Gasteiger partial charge in [-0.3, -0.25) is 0 Å². The minimum Gasteiger partial charge on any atom is -0.330 e. The summed E-state index contributed by atoms with van der Waals surface area (Å²) in [5, 5.41) is 3.71. The summed E-state index contributed by atoms with van der Waals surface area (Å²) in [7, 11) is 0. The van der Waals surface area contributed by atoms with Gasteiger partial charge in [0.25, 0.3) is 0 Å². The molecule has 1 unspecified atom stereocenters. The lowest BCUT2D eigenvalue weighted by molar-refractivity contribution is 0.422. The van der Waals surface area contributed by atoms with E-state index in [9.17, 15) is 0 Å². The van der Waals surface area contributed by atoms with Crippen LogP contribution in [0.15, 0.2) is 0 Å². The van der Waals surface area contributed by atoms with Crippen molar-refractivity contribution in [3.63, 3.8) is 0 Å². The highest BCUT2D eigenvalue weighted by atomic mass is 14.9. The average Bonchev–Trinajstić information content (AvgIpc) is 2.35. The minimum absolute atomic E-state index is 0.728. The van der Waals surface area contributed by atoms with Crippen molar-refractivity contribution < 1.29 is 0 Å². The van der Waals surface area contributed by atoms with Crippen LogP contribution < -0.4 is 11.1 Å². The molecule has 0 amide bonds. The topological polar surface area (TPSA) is 38.0 Å². The first-order valence-electron chi connectivity index (χ1n) is 7.57. The molecule has 0 aliphatic carbocycles. The average molecular weight is 241 g/mol. The van der Waals surface area contributed by atoms with E-state index in [1.54, 1.807) is 0 Å². The third kappa shape index (κ3) is 12.2. The van der Waals surface area contributed by atoms with Crippen LogP contribution in [0.1, 0.15) is 71.1 Å². The summed E-state index contributed by atoms with van der Waals surface area (Å²) in [6.45, 7) is 8.22. The van der Waals surface area contributed by atoms with Gasteiger partial charge in [0.15, 0.2) is 0 Å². The smallest absolute Gasteiger partial charge is 0.00670 e. The van der Waals surface area contributed by atoms with Crippen LogP contribution >= 0.6 is 0 Å². The lowest BCUT2D eigenvalue weighted by atomic mass is 10.0. The highest BCUT2D eigenvalue weighted by Gasteiger charge is 2.06. The van der Waals surface area contributed by atoms with Crippen LogP contribution in [0.4, 0.5) is 0 Å². The number of nitrogens with one attached hydrogen (secondary N) is 1. The molecule has 0 saturated heterocycles. The molecule has 0 spiro atoms. The second-order valence-electron chi connectivity index (χ2n) is 4.99. The van der Waals surface area contributed by atoms with Gasteiger partial charge in [-0.05, 0) is 38.8 Å². The van der Waals surface area contributed by atoms with E-state index in [0.717, 1.165) is 19.0 Å². The predicted octanol–water partition coefficient (Wildman–Crippen LogP) is 3.66. The van der Waals surface area contributed by atoms with Gasteiger partial charge in [0.2, 0.25) is 0 Å². The molecule has 0 heterocycles. The Labute approximate surface area is 109 Å². The van der Waals surface area contributed by atoms with E-state index in [2.05, 4.69) is 19.2 Å². The van der Waals surface area contributed by atoms with Crippen LogP contribution in [0, 0.1) is 6.92 Å². The van der Waals surface area contributed by atoms with Crippen molar-refractivity contribution in [1.29, 1.82) is 0 Å². The van der Waals surface area contributed by atoms with Crippen LogP contribution in [-0.2, 0) is 0 Å². The summed E-state index contributed by atoms with van der Waals surface area (Å²) in [6.07, 6.45) is 12.7. The second kappa shape index (κ2) is 14.0. The standard InChI is InChI=1S/C15H33N2/c1-3-5-11-15(12-6-4-2)17-14-10-8-7-9-13-16/h15,17H,1,3-14,16H2,2H3. The normalized spacial score (nSPS) is 11.3. The van der Waals surface area contributed by atoms with Crippen molar-refractivity contribution in [3.05, 3.63) is 6.92 Å². The summed E-state index contributed by atoms with van der Waals surface area (Å²) in [4.78, 5) is 0. The zero-order chi connectivity index (χ0) is 12.8. The Morgan fingerprint density at radius 2 is 1.71 bits per heavy atom. The van der Waals surface area contributed by atoms with E-state index in [-0.39, 0.29) is 0 Å². The van der Waals surface area contributed by atoms with Gasteiger partial charge in [0.05, 0.1) is 0 Å². The van der Waals surface area contributed by atoms with Gasteiger partial charge in [0.1, 0.15) is 0 Å². The fourth-order valence-electron chi connectivity index (χ4n) is 2.12. The first-order valence-corrected chi connectivity index (χ1v) is 7.57. The number of unbranched alkanes of at least 4 members (excludes halogenated alkanes) is 5. The lowest BCUT2D eigenvalue weighted by Crippen LogP contribution is -2.30. The van der Waals surface area contributed by atoms with E-state index in [0.29, 0.717) is 0 Å². The van der Waals surface area contributed by atoms with E-state index in [4.69, 9.17) is 5.73 Å². The quantitative estimate of drug-likeness (QED) is 0.483. The molecule has 1 radical (unpaired) electrons. The SMILES string of the molecule is [CH2]CCCC(CCCC)NCCCCCCN. The van der Waals surface area contributed by atoms with E-state index in [1.165, 1.54) is 64.3 Å². The molecular weight excluding hydrogens is 208 g/mol. The highest BCUT2D eigenvalue weighted by Crippen LogP contribution is 2.09. The molecule has 2 nitrogen and oxygen atoms in total. The maximum Gasteiger partial charge on any atom is 0.00670 e. The summed E-state index contributed by atoms with van der Waals surface area (Å²) < 4.78 is 0. The molecule has 2 heteroatoms. The first kappa shape index (κ1) is 16.9. The van der Waals surface area contributed by atoms with Gasteiger partial charge < -0.3 is 11.1 Å². The summed E-state index contributed by atoms with van der Waals surface area (Å²) in [6, 6.07) is 0.728. The van der Waals surface area contributed by atoms with Crippen molar-refractivity contribution >= 4 is 0 Å². The first-order chi connectivity index (χ1) is 8.35. The van der Waals surface area contributed by atoms with Gasteiger partial charge in [-0.25, -0.2) is 0 Å². The van der Waals surface area contributed by atoms with Gasteiger partial charge in [0, 0.05) is 6.04 Å². The zero-order valence-corrected chi connectivity index (χ0v) is 11.8. The second-order valence-corrected chi connectivity index (χ2v) is 4.99. The van der Waals surface area contributed by atoms with Crippen LogP contribution in [0.3, 0.4) is 0 Å². The van der Waals surface area contributed by atoms with Crippen molar-refractivity contribution in [2.75, 3.05) is 13.1 Å². The van der Waals surface area contributed by atoms with Crippen LogP contribution in [0.25, 0.3) is 0 Å². The molecule has 0 aromatic heterocycles. The van der Waals surface area contributed by atoms with Crippen LogP contribution in [-0.4, -0.2) is 19.1 Å². The van der Waals surface area contributed by atoms with Gasteiger partial charge in [-0.1, -0.05) is 52.4 Å². The molecule has 0 aromatic carbocycles. The van der Waals surface area contributed by atoms with Crippen molar-refractivity contribution in [2.45, 2.75) is 77.2 Å². The molecule has 1 atom stereocenters. The molecule has 103 valence electrons. The molecule has 0 aromatic rings. The molecule has 0 fully saturated rings. The molecule has 3 N–H and O–H groups in total. The van der Waals surface area contributed by atoms with Crippen LogP contribution in [0.2, 0.25) is 0 Å². The number of nitrogens with two attached hydrogens (primary N) is 1. The molecule has 0 bridgehead atoms. The fraction of sp³-hybridized carbons (Fsp3) is 0.933. The Balaban J connectivity index is 3.45. The van der Waals surface area contributed by atoms with Gasteiger partial charge in [-0.15, -0.1) is 0 Å². The van der Waals surface area contributed by atoms with Gasteiger partial charge >= 0.3 is 0 Å². The van der Waals surface area contributed by atoms with Crippen molar-refractivity contribution in [2.24, 2.45) is 5.73 Å². The maximum atomic E-state index is 5.48. The Kier molecular flexibility index (Phi) is 13.9. The van der Waals surface area contributed by atoms with E-state index in [1.807, 2.05) is 0 Å². The molecule has 0 aliphatic heterocycles. The van der Waals surface area contributed by atoms with Crippen molar-refractivity contribution in [3.8, 4) is 0 Å². The number of hydrogen-bond acceptors (Lipinski definition) is 2. The fourth-order valence-corrected chi connectivity index (χ4v) is 2.12. The zero-order valence-electron chi connectivity index (χ0n) is 11.8. The Bertz CT molecular complexity index is 129. The maximum absolute atomic E-state index is 5.48. The molecule has 0 aliphatic rings. The third-order valence-electron chi connectivity index (χ3n) is 3.27. The lowest BCUT2D eigenvalue weighted by Gasteiger charge is -2.18. The third-order valence-corrected chi connectivity index (χ3v) is 3.27. The number of hydrogen-bond donors (Lipinski definition) is 2. The monoisotopic (exact) mass is 241 g/mol. The predicted molar refractivity (Wildman–Crippen MR) is 78.0 cm³/mol. The Morgan fingerprint density at radius 3 is 2.35 bits per heavy atom. The summed E-state index contributed by atoms with van der Waals surface area (Å²) in [5.74, 6) is 0. The molecule has 17 heavy (non-hydrogen) atoms. The summed E-state index contributed by atoms with van der Waals surface area (Å²) in [5.41, 5.74) is 5.48. The largest absolute Gasteiger partial charge is 0.330 e. The summed E-state index contributed by atoms with van der Waals surface area (Å²) >= 11 is 0. The molecule has 0 rings (SSSR count). The Morgan fingerprint density at radius 1 is 1.00 bits per heavy atom. The number of rotatable bonds is 13. The van der Waals surface area contributed by atoms with Gasteiger partial charge in [-0.2, -0.15) is 0 Å². The van der Waals surface area contributed by atoms with Crippen molar-refractivity contribution in [1.82, 2.24) is 5.32 Å².